The topological polar surface area (TPSA) is 47.8 Å². The molecule has 0 unspecified atom stereocenters. The highest BCUT2D eigenvalue weighted by Gasteiger charge is 2.17. The lowest BCUT2D eigenvalue weighted by Crippen LogP contribution is -2.14. The number of hydrogen-bond donors (Lipinski definition) is 0. The van der Waals surface area contributed by atoms with Gasteiger partial charge in [-0.1, -0.05) is 78.9 Å². The summed E-state index contributed by atoms with van der Waals surface area (Å²) in [7, 11) is 0. The molecule has 0 N–H and O–H groups in total. The molecule has 5 rings (SSSR count). The van der Waals surface area contributed by atoms with Gasteiger partial charge in [0.15, 0.2) is 11.3 Å². The molecule has 0 bridgehead atoms. The van der Waals surface area contributed by atoms with Crippen LogP contribution < -0.4 is 5.43 Å². The number of para-hydroxylation sites is 1. The van der Waals surface area contributed by atoms with Crippen molar-refractivity contribution in [1.82, 2.24) is 14.8 Å². The Hall–Kier alpha value is -4.05. The van der Waals surface area contributed by atoms with Crippen molar-refractivity contribution in [2.75, 3.05) is 0 Å². The van der Waals surface area contributed by atoms with E-state index in [2.05, 4.69) is 0 Å². The zero-order valence-electron chi connectivity index (χ0n) is 15.6. The van der Waals surface area contributed by atoms with Crippen LogP contribution in [0.1, 0.15) is 0 Å². The van der Waals surface area contributed by atoms with Gasteiger partial charge in [-0.15, -0.1) is 5.10 Å². The highest BCUT2D eigenvalue weighted by molar-refractivity contribution is 5.73. The van der Waals surface area contributed by atoms with E-state index in [9.17, 15) is 4.79 Å². The van der Waals surface area contributed by atoms with E-state index in [1.165, 1.54) is 0 Å². The van der Waals surface area contributed by atoms with Crippen molar-refractivity contribution in [2.24, 2.45) is 0 Å². The van der Waals surface area contributed by atoms with Crippen LogP contribution in [0.4, 0.5) is 0 Å². The molecule has 0 atom stereocenters. The van der Waals surface area contributed by atoms with Crippen molar-refractivity contribution in [1.29, 1.82) is 0 Å². The fourth-order valence-electron chi connectivity index (χ4n) is 3.42. The lowest BCUT2D eigenvalue weighted by Gasteiger charge is -2.16. The fourth-order valence-corrected chi connectivity index (χ4v) is 3.42. The van der Waals surface area contributed by atoms with Gasteiger partial charge in [0.1, 0.15) is 0 Å². The number of fused-ring (bicyclic) bond motifs is 1. The molecular weight excluding hydrogens is 358 g/mol. The third-order valence-corrected chi connectivity index (χ3v) is 4.84. The Morgan fingerprint density at radius 3 is 1.90 bits per heavy atom. The van der Waals surface area contributed by atoms with E-state index in [1.807, 2.05) is 97.1 Å². The maximum atomic E-state index is 12.9. The average molecular weight is 375 g/mol. The number of nitrogens with zero attached hydrogens (tertiary/aromatic N) is 3. The molecule has 4 heteroatoms. The van der Waals surface area contributed by atoms with Crippen LogP contribution in [0, 0.1) is 0 Å². The van der Waals surface area contributed by atoms with Crippen LogP contribution in [0.5, 0.6) is 0 Å². The van der Waals surface area contributed by atoms with Crippen LogP contribution >= 0.6 is 0 Å². The van der Waals surface area contributed by atoms with Gasteiger partial charge in [-0.2, -0.15) is 0 Å². The Kier molecular flexibility index (Phi) is 4.22. The average Bonchev–Trinajstić information content (AvgIpc) is 2.80. The minimum absolute atomic E-state index is 0.0514. The van der Waals surface area contributed by atoms with Gasteiger partial charge in [-0.05, 0) is 23.8 Å². The van der Waals surface area contributed by atoms with Crippen LogP contribution in [-0.4, -0.2) is 14.8 Å². The maximum absolute atomic E-state index is 12.9. The maximum Gasteiger partial charge on any atom is 0.188 e. The molecule has 1 aliphatic heterocycles. The zero-order valence-corrected chi connectivity index (χ0v) is 15.6. The minimum atomic E-state index is -0.0514. The molecule has 0 radical (unpaired) electrons. The summed E-state index contributed by atoms with van der Waals surface area (Å²) in [5.41, 5.74) is 4.67. The van der Waals surface area contributed by atoms with Crippen LogP contribution in [0.15, 0.2) is 108 Å². The van der Waals surface area contributed by atoms with Crippen molar-refractivity contribution >= 4 is 0 Å². The third-order valence-electron chi connectivity index (χ3n) is 4.84. The molecule has 4 nitrogen and oxygen atoms in total. The van der Waals surface area contributed by atoms with Gasteiger partial charge < -0.3 is 0 Å². The molecule has 0 spiro atoms. The number of hydrogen-bond acceptors (Lipinski definition) is 3. The van der Waals surface area contributed by atoms with Crippen molar-refractivity contribution in [2.45, 2.75) is 0 Å². The smallest absolute Gasteiger partial charge is 0.188 e. The number of rotatable bonds is 3. The Morgan fingerprint density at radius 1 is 0.655 bits per heavy atom. The van der Waals surface area contributed by atoms with Gasteiger partial charge in [-0.3, -0.25) is 4.79 Å². The molecule has 1 heterocycles. The number of benzene rings is 4. The van der Waals surface area contributed by atoms with Gasteiger partial charge in [-0.25, -0.2) is 9.67 Å². The first-order valence-electron chi connectivity index (χ1n) is 9.41. The summed E-state index contributed by atoms with van der Waals surface area (Å²) in [6, 6.07) is 32.8. The minimum Gasteiger partial charge on any atom is -0.289 e. The molecule has 0 fully saturated rings. The van der Waals surface area contributed by atoms with Crippen LogP contribution in [0.25, 0.3) is 39.6 Å². The molecule has 138 valence electrons. The van der Waals surface area contributed by atoms with E-state index in [4.69, 9.17) is 10.1 Å². The van der Waals surface area contributed by atoms with Crippen molar-refractivity contribution < 1.29 is 0 Å². The van der Waals surface area contributed by atoms with Gasteiger partial charge in [0.2, 0.25) is 0 Å². The third kappa shape index (κ3) is 3.21. The monoisotopic (exact) mass is 375 g/mol. The summed E-state index contributed by atoms with van der Waals surface area (Å²) in [5, 5.41) is 4.75. The fraction of sp³-hybridized carbons (Fsp3) is 0. The second kappa shape index (κ2) is 7.17. The summed E-state index contributed by atoms with van der Waals surface area (Å²) < 4.78 is 1.79. The Bertz CT molecular complexity index is 1300. The molecule has 0 saturated carbocycles. The Morgan fingerprint density at radius 2 is 1.24 bits per heavy atom. The van der Waals surface area contributed by atoms with E-state index in [0.717, 1.165) is 22.5 Å². The van der Waals surface area contributed by atoms with Gasteiger partial charge in [0, 0.05) is 17.2 Å². The second-order valence-electron chi connectivity index (χ2n) is 6.75. The molecule has 1 aliphatic carbocycles. The molecule has 3 aromatic rings. The summed E-state index contributed by atoms with van der Waals surface area (Å²) in [5.74, 6) is 0.611. The first-order valence-corrected chi connectivity index (χ1v) is 9.41. The van der Waals surface area contributed by atoms with Crippen molar-refractivity contribution in [3.63, 3.8) is 0 Å². The predicted octanol–water partition coefficient (Wildman–Crippen LogP) is 5.07. The van der Waals surface area contributed by atoms with Gasteiger partial charge in [0.05, 0.1) is 17.1 Å². The van der Waals surface area contributed by atoms with Crippen LogP contribution in [0.3, 0.4) is 0 Å². The van der Waals surface area contributed by atoms with Gasteiger partial charge in [0.25, 0.3) is 0 Å². The molecule has 0 saturated heterocycles. The molecule has 0 amide bonds. The summed E-state index contributed by atoms with van der Waals surface area (Å²) in [4.78, 5) is 17.7. The van der Waals surface area contributed by atoms with Gasteiger partial charge >= 0.3 is 0 Å². The lowest BCUT2D eigenvalue weighted by molar-refractivity contribution is 0.827. The number of aromatic nitrogens is 3. The standard InChI is InChI=1S/C25H17N3O/c29-24-17-23-22(16-21(24)18-10-4-1-5-11-18)26-25(19-12-6-2-7-13-19)27-28(23)20-14-8-3-9-15-20/h1-17H. The quantitative estimate of drug-likeness (QED) is 0.442. The lowest BCUT2D eigenvalue weighted by atomic mass is 10.0. The van der Waals surface area contributed by atoms with E-state index in [1.54, 1.807) is 10.7 Å². The van der Waals surface area contributed by atoms with E-state index < -0.39 is 0 Å². The van der Waals surface area contributed by atoms with Crippen LogP contribution in [-0.2, 0) is 0 Å². The second-order valence-corrected chi connectivity index (χ2v) is 6.75. The Labute approximate surface area is 168 Å². The molecule has 0 aromatic heterocycles. The summed E-state index contributed by atoms with van der Waals surface area (Å²) in [6.45, 7) is 0. The van der Waals surface area contributed by atoms with Crippen molar-refractivity contribution in [3.8, 4) is 39.6 Å². The summed E-state index contributed by atoms with van der Waals surface area (Å²) in [6.07, 6.45) is 0. The first kappa shape index (κ1) is 17.1. The zero-order chi connectivity index (χ0) is 19.6. The highest BCUT2D eigenvalue weighted by atomic mass is 16.1. The summed E-state index contributed by atoms with van der Waals surface area (Å²) >= 11 is 0. The molecule has 2 aliphatic rings. The normalized spacial score (nSPS) is 10.9. The largest absolute Gasteiger partial charge is 0.289 e. The van der Waals surface area contributed by atoms with E-state index in [0.29, 0.717) is 17.1 Å². The molecular formula is C25H17N3O. The van der Waals surface area contributed by atoms with E-state index >= 15 is 0 Å². The Balaban J connectivity index is 1.81. The van der Waals surface area contributed by atoms with Crippen LogP contribution in [0.2, 0.25) is 0 Å². The molecule has 3 aromatic carbocycles. The molecule has 29 heavy (non-hydrogen) atoms. The van der Waals surface area contributed by atoms with E-state index in [-0.39, 0.29) is 5.43 Å². The highest BCUT2D eigenvalue weighted by Crippen LogP contribution is 2.28. The van der Waals surface area contributed by atoms with Crippen molar-refractivity contribution in [3.05, 3.63) is 113 Å². The first-order chi connectivity index (χ1) is 14.3. The SMILES string of the molecule is O=c1cc2n(-c3ccccc3)nc(-c3ccccc3)nc-2cc1-c1ccccc1. The predicted molar refractivity (Wildman–Crippen MR) is 115 cm³/mol.